The van der Waals surface area contributed by atoms with Crippen LogP contribution in [-0.4, -0.2) is 11.6 Å². The lowest BCUT2D eigenvalue weighted by atomic mass is 9.93. The van der Waals surface area contributed by atoms with E-state index in [2.05, 4.69) is 31.2 Å². The number of hydrazine groups is 1. The molecular formula is C12H21N3O. The van der Waals surface area contributed by atoms with Gasteiger partial charge in [-0.15, -0.1) is 0 Å². The highest BCUT2D eigenvalue weighted by Crippen LogP contribution is 2.19. The molecule has 1 heterocycles. The van der Waals surface area contributed by atoms with Gasteiger partial charge in [-0.25, -0.2) is 10.8 Å². The lowest BCUT2D eigenvalue weighted by molar-refractivity contribution is 0.0964. The van der Waals surface area contributed by atoms with E-state index in [4.69, 9.17) is 10.6 Å². The molecule has 0 aliphatic carbocycles. The number of nitrogen functional groups attached to an aromatic ring is 1. The maximum absolute atomic E-state index is 5.60. The minimum absolute atomic E-state index is 0.309. The number of nitrogens with zero attached hydrogens (tertiary/aromatic N) is 1. The van der Waals surface area contributed by atoms with E-state index in [0.29, 0.717) is 17.8 Å². The maximum Gasteiger partial charge on any atom is 0.145 e. The summed E-state index contributed by atoms with van der Waals surface area (Å²) in [5.74, 6) is 6.04. The minimum Gasteiger partial charge on any atom is -0.377 e. The Kier molecular flexibility index (Phi) is 4.71. The van der Waals surface area contributed by atoms with Crippen molar-refractivity contribution in [2.75, 3.05) is 12.0 Å². The average Bonchev–Trinajstić information content (AvgIpc) is 2.23. The standard InChI is InChI=1S/C12H21N3O/c1-12(2,3)6-8-16-9-10-5-4-7-14-11(10)15-13/h4-5,7H,6,8-9,13H2,1-3H3,(H,14,15). The van der Waals surface area contributed by atoms with Crippen molar-refractivity contribution < 1.29 is 4.74 Å². The van der Waals surface area contributed by atoms with Crippen molar-refractivity contribution in [3.05, 3.63) is 23.9 Å². The molecule has 1 aromatic heterocycles. The molecule has 0 amide bonds. The van der Waals surface area contributed by atoms with Crippen molar-refractivity contribution in [3.63, 3.8) is 0 Å². The largest absolute Gasteiger partial charge is 0.377 e. The van der Waals surface area contributed by atoms with Gasteiger partial charge in [0, 0.05) is 18.4 Å². The Labute approximate surface area is 97.2 Å². The first-order valence-corrected chi connectivity index (χ1v) is 5.51. The van der Waals surface area contributed by atoms with Gasteiger partial charge in [0.05, 0.1) is 6.61 Å². The maximum atomic E-state index is 5.60. The predicted octanol–water partition coefficient (Wildman–Crippen LogP) is 2.32. The van der Waals surface area contributed by atoms with Gasteiger partial charge in [0.1, 0.15) is 5.82 Å². The van der Waals surface area contributed by atoms with E-state index in [-0.39, 0.29) is 0 Å². The molecule has 1 aromatic rings. The summed E-state index contributed by atoms with van der Waals surface area (Å²) in [6, 6.07) is 3.84. The van der Waals surface area contributed by atoms with Crippen LogP contribution in [0.4, 0.5) is 5.82 Å². The van der Waals surface area contributed by atoms with Crippen LogP contribution in [0.2, 0.25) is 0 Å². The van der Waals surface area contributed by atoms with Crippen LogP contribution in [0.25, 0.3) is 0 Å². The molecule has 3 N–H and O–H groups in total. The van der Waals surface area contributed by atoms with Crippen LogP contribution >= 0.6 is 0 Å². The zero-order valence-electron chi connectivity index (χ0n) is 10.3. The van der Waals surface area contributed by atoms with Gasteiger partial charge in [-0.05, 0) is 17.9 Å². The van der Waals surface area contributed by atoms with E-state index >= 15 is 0 Å². The van der Waals surface area contributed by atoms with Crippen molar-refractivity contribution in [3.8, 4) is 0 Å². The van der Waals surface area contributed by atoms with E-state index in [1.54, 1.807) is 6.20 Å². The molecule has 4 nitrogen and oxygen atoms in total. The molecule has 16 heavy (non-hydrogen) atoms. The summed E-state index contributed by atoms with van der Waals surface area (Å²) < 4.78 is 5.60. The zero-order chi connectivity index (χ0) is 12.0. The molecule has 1 rings (SSSR count). The summed E-state index contributed by atoms with van der Waals surface area (Å²) in [5, 5.41) is 0. The lowest BCUT2D eigenvalue weighted by Crippen LogP contribution is -2.13. The third kappa shape index (κ3) is 4.59. The molecule has 0 bridgehead atoms. The molecule has 0 atom stereocenters. The molecule has 0 unspecified atom stereocenters. The number of hydrogen-bond acceptors (Lipinski definition) is 4. The summed E-state index contributed by atoms with van der Waals surface area (Å²) in [6.07, 6.45) is 2.74. The van der Waals surface area contributed by atoms with Crippen LogP contribution in [-0.2, 0) is 11.3 Å². The quantitative estimate of drug-likeness (QED) is 0.457. The minimum atomic E-state index is 0.309. The highest BCUT2D eigenvalue weighted by atomic mass is 16.5. The second-order valence-electron chi connectivity index (χ2n) is 5.02. The molecule has 0 aromatic carbocycles. The summed E-state index contributed by atoms with van der Waals surface area (Å²) in [5.41, 5.74) is 3.86. The summed E-state index contributed by atoms with van der Waals surface area (Å²) in [6.45, 7) is 7.90. The first-order chi connectivity index (χ1) is 7.53. The number of hydrogen-bond donors (Lipinski definition) is 2. The number of nitrogens with one attached hydrogen (secondary N) is 1. The Hall–Kier alpha value is -1.13. The molecule has 0 spiro atoms. The van der Waals surface area contributed by atoms with Crippen molar-refractivity contribution in [2.24, 2.45) is 11.3 Å². The lowest BCUT2D eigenvalue weighted by Gasteiger charge is -2.17. The van der Waals surface area contributed by atoms with E-state index < -0.39 is 0 Å². The van der Waals surface area contributed by atoms with Crippen LogP contribution in [0.5, 0.6) is 0 Å². The summed E-state index contributed by atoms with van der Waals surface area (Å²) in [7, 11) is 0. The third-order valence-electron chi connectivity index (χ3n) is 2.28. The van der Waals surface area contributed by atoms with Gasteiger partial charge >= 0.3 is 0 Å². The van der Waals surface area contributed by atoms with Gasteiger partial charge in [-0.3, -0.25) is 0 Å². The Balaban J connectivity index is 2.37. The molecule has 0 saturated carbocycles. The number of aromatic nitrogens is 1. The van der Waals surface area contributed by atoms with Gasteiger partial charge in [-0.2, -0.15) is 0 Å². The molecule has 0 saturated heterocycles. The second kappa shape index (κ2) is 5.82. The number of ether oxygens (including phenoxy) is 1. The van der Waals surface area contributed by atoms with Crippen molar-refractivity contribution in [1.82, 2.24) is 4.98 Å². The molecule has 0 radical (unpaired) electrons. The van der Waals surface area contributed by atoms with Crippen LogP contribution < -0.4 is 11.3 Å². The Morgan fingerprint density at radius 1 is 1.44 bits per heavy atom. The average molecular weight is 223 g/mol. The Bertz CT molecular complexity index is 320. The van der Waals surface area contributed by atoms with E-state index in [1.807, 2.05) is 12.1 Å². The molecular weight excluding hydrogens is 202 g/mol. The van der Waals surface area contributed by atoms with E-state index in [9.17, 15) is 0 Å². The first-order valence-electron chi connectivity index (χ1n) is 5.51. The molecule has 0 aliphatic rings. The monoisotopic (exact) mass is 223 g/mol. The summed E-state index contributed by atoms with van der Waals surface area (Å²) >= 11 is 0. The van der Waals surface area contributed by atoms with Crippen LogP contribution in [0.3, 0.4) is 0 Å². The van der Waals surface area contributed by atoms with Gasteiger partial charge in [0.15, 0.2) is 0 Å². The zero-order valence-corrected chi connectivity index (χ0v) is 10.3. The predicted molar refractivity (Wildman–Crippen MR) is 65.8 cm³/mol. The van der Waals surface area contributed by atoms with E-state index in [0.717, 1.165) is 18.6 Å². The normalized spacial score (nSPS) is 11.5. The molecule has 90 valence electrons. The Morgan fingerprint density at radius 3 is 2.81 bits per heavy atom. The fraction of sp³-hybridized carbons (Fsp3) is 0.583. The van der Waals surface area contributed by atoms with Crippen LogP contribution in [0.1, 0.15) is 32.8 Å². The van der Waals surface area contributed by atoms with Gasteiger partial charge < -0.3 is 10.2 Å². The SMILES string of the molecule is CC(C)(C)CCOCc1cccnc1NN. The number of pyridine rings is 1. The highest BCUT2D eigenvalue weighted by molar-refractivity contribution is 5.41. The van der Waals surface area contributed by atoms with Crippen LogP contribution in [0.15, 0.2) is 18.3 Å². The Morgan fingerprint density at radius 2 is 2.19 bits per heavy atom. The smallest absolute Gasteiger partial charge is 0.145 e. The molecule has 0 aliphatic heterocycles. The van der Waals surface area contributed by atoms with Gasteiger partial charge in [0.25, 0.3) is 0 Å². The second-order valence-corrected chi connectivity index (χ2v) is 5.02. The number of nitrogens with two attached hydrogens (primary N) is 1. The van der Waals surface area contributed by atoms with Gasteiger partial charge in [-0.1, -0.05) is 26.8 Å². The summed E-state index contributed by atoms with van der Waals surface area (Å²) in [4.78, 5) is 4.11. The third-order valence-corrected chi connectivity index (χ3v) is 2.28. The van der Waals surface area contributed by atoms with Crippen molar-refractivity contribution >= 4 is 5.82 Å². The van der Waals surface area contributed by atoms with Crippen molar-refractivity contribution in [2.45, 2.75) is 33.8 Å². The topological polar surface area (TPSA) is 60.2 Å². The molecule has 4 heteroatoms. The number of anilines is 1. The van der Waals surface area contributed by atoms with Crippen LogP contribution in [0, 0.1) is 5.41 Å². The number of rotatable bonds is 5. The van der Waals surface area contributed by atoms with Crippen molar-refractivity contribution in [1.29, 1.82) is 0 Å². The van der Waals surface area contributed by atoms with E-state index in [1.165, 1.54) is 0 Å². The fourth-order valence-electron chi connectivity index (χ4n) is 1.25. The van der Waals surface area contributed by atoms with Gasteiger partial charge in [0.2, 0.25) is 0 Å². The molecule has 0 fully saturated rings. The fourth-order valence-corrected chi connectivity index (χ4v) is 1.25. The highest BCUT2D eigenvalue weighted by Gasteiger charge is 2.09. The first kappa shape index (κ1) is 12.9.